The predicted molar refractivity (Wildman–Crippen MR) is 173 cm³/mol. The van der Waals surface area contributed by atoms with E-state index in [2.05, 4.69) is 154 Å². The number of aliphatic imine (C=N–C) groups is 1. The van der Waals surface area contributed by atoms with Crippen LogP contribution < -0.4 is 0 Å². The number of allylic oxidation sites excluding steroid dienone is 1. The van der Waals surface area contributed by atoms with Crippen LogP contribution in [-0.4, -0.2) is 12.0 Å². The average molecular weight is 524 g/mol. The van der Waals surface area contributed by atoms with Gasteiger partial charge in [0.15, 0.2) is 0 Å². The average Bonchev–Trinajstić information content (AvgIpc) is 2.98. The second-order valence-electron chi connectivity index (χ2n) is 9.75. The number of aryl methyl sites for hydroxylation is 2. The molecule has 0 bridgehead atoms. The topological polar surface area (TPSA) is 12.4 Å². The Morgan fingerprint density at radius 1 is 0.590 bits per heavy atom. The van der Waals surface area contributed by atoms with Crippen molar-refractivity contribution in [1.29, 1.82) is 0 Å². The van der Waals surface area contributed by atoms with Crippen LogP contribution in [0.1, 0.15) is 23.6 Å². The molecule has 5 aromatic carbocycles. The van der Waals surface area contributed by atoms with Gasteiger partial charge in [0.1, 0.15) is 0 Å². The highest BCUT2D eigenvalue weighted by atomic mass is 32.2. The zero-order valence-electron chi connectivity index (χ0n) is 23.0. The van der Waals surface area contributed by atoms with Crippen molar-refractivity contribution in [3.63, 3.8) is 0 Å². The molecule has 192 valence electrons. The monoisotopic (exact) mass is 523 g/mol. The molecule has 0 radical (unpaired) electrons. The Morgan fingerprint density at radius 3 is 1.51 bits per heavy atom. The smallest absolute Gasteiger partial charge is 0.0691 e. The maximum absolute atomic E-state index is 5.07. The van der Waals surface area contributed by atoms with E-state index in [1.54, 1.807) is 11.8 Å². The molecule has 2 heteroatoms. The van der Waals surface area contributed by atoms with E-state index in [1.807, 2.05) is 0 Å². The van der Waals surface area contributed by atoms with E-state index in [1.165, 1.54) is 55.0 Å². The molecule has 0 spiro atoms. The highest BCUT2D eigenvalue weighted by Gasteiger charge is 2.18. The maximum Gasteiger partial charge on any atom is 0.0691 e. The van der Waals surface area contributed by atoms with Gasteiger partial charge in [-0.1, -0.05) is 109 Å². The second-order valence-corrected chi connectivity index (χ2v) is 10.6. The Balaban J connectivity index is 1.79. The Hall–Kier alpha value is -4.14. The maximum atomic E-state index is 5.07. The molecular formula is C37H33NS. The van der Waals surface area contributed by atoms with Gasteiger partial charge < -0.3 is 0 Å². The normalized spacial score (nSPS) is 12.0. The minimum Gasteiger partial charge on any atom is -0.253 e. The van der Waals surface area contributed by atoms with Crippen molar-refractivity contribution in [3.05, 3.63) is 144 Å². The molecule has 0 saturated heterocycles. The summed E-state index contributed by atoms with van der Waals surface area (Å²) in [6.07, 6.45) is 4.40. The highest BCUT2D eigenvalue weighted by Crippen LogP contribution is 2.44. The molecule has 0 fully saturated rings. The molecule has 0 saturated carbocycles. The summed E-state index contributed by atoms with van der Waals surface area (Å²) in [7, 11) is 0. The van der Waals surface area contributed by atoms with Gasteiger partial charge in [0.25, 0.3) is 0 Å². The molecule has 5 rings (SSSR count). The van der Waals surface area contributed by atoms with Crippen molar-refractivity contribution in [3.8, 4) is 33.4 Å². The standard InChI is InChI=1S/C37H33NS/c1-26-15-14-16-27(2)37(26)38-28(3)23-35(39-4)36-33(30-19-10-6-11-20-30)24-32(29-17-8-5-9-18-29)25-34(36)31-21-12-7-13-22-31/h5-25H,1-4H3/b35-23-,38-28?. The van der Waals surface area contributed by atoms with Crippen LogP contribution in [0.25, 0.3) is 38.3 Å². The SMILES string of the molecule is CS/C(=C\C(C)=Nc1c(C)cccc1C)c1c(-c2ccccc2)cc(-c2ccccc2)cc1-c1ccccc1. The molecule has 0 aliphatic rings. The van der Waals surface area contributed by atoms with Crippen LogP contribution >= 0.6 is 11.8 Å². The molecule has 0 aromatic heterocycles. The number of para-hydroxylation sites is 1. The van der Waals surface area contributed by atoms with Gasteiger partial charge in [-0.25, -0.2) is 0 Å². The summed E-state index contributed by atoms with van der Waals surface area (Å²) in [4.78, 5) is 6.26. The molecule has 0 unspecified atom stereocenters. The summed E-state index contributed by atoms with van der Waals surface area (Å²) >= 11 is 1.77. The third-order valence-corrected chi connectivity index (χ3v) is 7.71. The fourth-order valence-electron chi connectivity index (χ4n) is 5.01. The summed E-state index contributed by atoms with van der Waals surface area (Å²) in [5.41, 5.74) is 12.9. The van der Waals surface area contributed by atoms with E-state index in [9.17, 15) is 0 Å². The molecule has 39 heavy (non-hydrogen) atoms. The van der Waals surface area contributed by atoms with E-state index in [4.69, 9.17) is 4.99 Å². The van der Waals surface area contributed by atoms with E-state index < -0.39 is 0 Å². The number of hydrogen-bond donors (Lipinski definition) is 0. The van der Waals surface area contributed by atoms with E-state index >= 15 is 0 Å². The number of thioether (sulfide) groups is 1. The molecule has 0 aliphatic carbocycles. The van der Waals surface area contributed by atoms with Gasteiger partial charge in [-0.05, 0) is 89.7 Å². The summed E-state index contributed by atoms with van der Waals surface area (Å²) < 4.78 is 0. The zero-order valence-corrected chi connectivity index (χ0v) is 23.8. The van der Waals surface area contributed by atoms with Crippen molar-refractivity contribution in [2.24, 2.45) is 4.99 Å². The Labute approximate surface area is 237 Å². The molecule has 0 amide bonds. The lowest BCUT2D eigenvalue weighted by Crippen LogP contribution is -1.97. The Morgan fingerprint density at radius 2 is 1.05 bits per heavy atom. The summed E-state index contributed by atoms with van der Waals surface area (Å²) in [5, 5.41) is 0. The molecule has 5 aromatic rings. The van der Waals surface area contributed by atoms with E-state index in [0.29, 0.717) is 0 Å². The molecule has 0 aliphatic heterocycles. The summed E-state index contributed by atoms with van der Waals surface area (Å²) in [6, 6.07) is 43.1. The molecular weight excluding hydrogens is 490 g/mol. The first kappa shape index (κ1) is 26.5. The van der Waals surface area contributed by atoms with Gasteiger partial charge in [0.05, 0.1) is 5.69 Å². The third-order valence-electron chi connectivity index (χ3n) is 6.95. The van der Waals surface area contributed by atoms with Gasteiger partial charge in [-0.2, -0.15) is 0 Å². The Kier molecular flexibility index (Phi) is 8.24. The van der Waals surface area contributed by atoms with Crippen LogP contribution in [0.15, 0.2) is 132 Å². The largest absolute Gasteiger partial charge is 0.253 e. The number of benzene rings is 5. The third kappa shape index (κ3) is 5.97. The van der Waals surface area contributed by atoms with Crippen molar-refractivity contribution in [2.45, 2.75) is 20.8 Å². The lowest BCUT2D eigenvalue weighted by atomic mass is 9.87. The first-order chi connectivity index (χ1) is 19.0. The van der Waals surface area contributed by atoms with Crippen LogP contribution in [-0.2, 0) is 0 Å². The van der Waals surface area contributed by atoms with Gasteiger partial charge in [0.2, 0.25) is 0 Å². The minimum absolute atomic E-state index is 0.988. The fraction of sp³-hybridized carbons (Fsp3) is 0.108. The number of rotatable bonds is 7. The Bertz CT molecular complexity index is 1550. The fourth-order valence-corrected chi connectivity index (χ4v) is 5.72. The van der Waals surface area contributed by atoms with Crippen LogP contribution in [0.2, 0.25) is 0 Å². The van der Waals surface area contributed by atoms with Crippen molar-refractivity contribution < 1.29 is 0 Å². The van der Waals surface area contributed by atoms with Crippen LogP contribution in [0, 0.1) is 13.8 Å². The van der Waals surface area contributed by atoms with Crippen LogP contribution in [0.5, 0.6) is 0 Å². The summed E-state index contributed by atoms with van der Waals surface area (Å²) in [5.74, 6) is 0. The van der Waals surface area contributed by atoms with Gasteiger partial charge in [-0.3, -0.25) is 4.99 Å². The molecule has 1 nitrogen and oxygen atoms in total. The summed E-state index contributed by atoms with van der Waals surface area (Å²) in [6.45, 7) is 6.36. The quantitative estimate of drug-likeness (QED) is 0.193. The number of hydrogen-bond acceptors (Lipinski definition) is 2. The minimum atomic E-state index is 0.988. The van der Waals surface area contributed by atoms with E-state index in [0.717, 1.165) is 11.4 Å². The molecule has 0 N–H and O–H groups in total. The number of nitrogens with zero attached hydrogens (tertiary/aromatic N) is 1. The van der Waals surface area contributed by atoms with Crippen LogP contribution in [0.4, 0.5) is 5.69 Å². The zero-order chi connectivity index (χ0) is 27.2. The molecule has 0 atom stereocenters. The highest BCUT2D eigenvalue weighted by molar-refractivity contribution is 8.07. The first-order valence-corrected chi connectivity index (χ1v) is 14.5. The van der Waals surface area contributed by atoms with Gasteiger partial charge in [0, 0.05) is 16.2 Å². The van der Waals surface area contributed by atoms with Crippen molar-refractivity contribution in [2.75, 3.05) is 6.26 Å². The molecule has 0 heterocycles. The van der Waals surface area contributed by atoms with Gasteiger partial charge >= 0.3 is 0 Å². The van der Waals surface area contributed by atoms with Crippen molar-refractivity contribution in [1.82, 2.24) is 0 Å². The van der Waals surface area contributed by atoms with E-state index in [-0.39, 0.29) is 0 Å². The van der Waals surface area contributed by atoms with Crippen LogP contribution in [0.3, 0.4) is 0 Å². The van der Waals surface area contributed by atoms with Crippen molar-refractivity contribution >= 4 is 28.1 Å². The lowest BCUT2D eigenvalue weighted by molar-refractivity contribution is 1.32. The lowest BCUT2D eigenvalue weighted by Gasteiger charge is -2.20. The predicted octanol–water partition coefficient (Wildman–Crippen LogP) is 10.8. The first-order valence-electron chi connectivity index (χ1n) is 13.3. The van der Waals surface area contributed by atoms with Gasteiger partial charge in [-0.15, -0.1) is 11.8 Å². The second kappa shape index (κ2) is 12.1.